The fourth-order valence-electron chi connectivity index (χ4n) is 4.59. The number of aromatic nitrogens is 1. The van der Waals surface area contributed by atoms with Crippen LogP contribution in [0, 0.1) is 5.92 Å². The van der Waals surface area contributed by atoms with Crippen LogP contribution in [0.2, 0.25) is 0 Å². The Morgan fingerprint density at radius 3 is 2.10 bits per heavy atom. The quantitative estimate of drug-likeness (QED) is 0.346. The van der Waals surface area contributed by atoms with Gasteiger partial charge in [-0.1, -0.05) is 6.07 Å². The van der Waals surface area contributed by atoms with Crippen molar-refractivity contribution in [2.45, 2.75) is 65.3 Å². The number of carbonyl (C=O) groups excluding carboxylic acids is 1. The average Bonchev–Trinajstić information content (AvgIpc) is 3.73. The van der Waals surface area contributed by atoms with E-state index in [2.05, 4.69) is 4.98 Å². The van der Waals surface area contributed by atoms with E-state index in [4.69, 9.17) is 0 Å². The van der Waals surface area contributed by atoms with Crippen LogP contribution in [0.1, 0.15) is 54.2 Å². The Morgan fingerprint density at radius 2 is 1.56 bits per heavy atom. The van der Waals surface area contributed by atoms with E-state index in [1.54, 1.807) is 0 Å². The van der Waals surface area contributed by atoms with Crippen LogP contribution < -0.4 is 0 Å². The molecule has 15 heteroatoms. The number of pyridine rings is 1. The average molecular weight is 600 g/mol. The van der Waals surface area contributed by atoms with Crippen molar-refractivity contribution in [3.63, 3.8) is 0 Å². The van der Waals surface area contributed by atoms with Gasteiger partial charge in [-0.3, -0.25) is 4.79 Å². The number of hydrogen-bond donors (Lipinski definition) is 0. The molecule has 1 saturated heterocycles. The van der Waals surface area contributed by atoms with Crippen LogP contribution in [0.15, 0.2) is 46.3 Å². The molecule has 1 aliphatic carbocycles. The molecule has 1 saturated carbocycles. The van der Waals surface area contributed by atoms with Gasteiger partial charge in [0.1, 0.15) is 15.8 Å². The van der Waals surface area contributed by atoms with Gasteiger partial charge in [-0.2, -0.15) is 30.6 Å². The lowest BCUT2D eigenvalue weighted by Gasteiger charge is -2.33. The molecule has 1 N–H and O–H groups in total. The SMILES string of the molecule is CC(C1CCN(C(=O)c2ncc(C(F)(F)F)cc2S(=O)(=O)C2CC2)CC1)S(=O)(=[OH+])c1cccc(C(F)(F)F)c1. The highest BCUT2D eigenvalue weighted by atomic mass is 32.2. The second-order valence-corrected chi connectivity index (χ2v) is 14.3. The summed E-state index contributed by atoms with van der Waals surface area (Å²) >= 11 is 0. The number of piperidine rings is 1. The lowest BCUT2D eigenvalue weighted by molar-refractivity contribution is -0.138. The largest absolute Gasteiger partial charge is 0.417 e. The van der Waals surface area contributed by atoms with E-state index < -0.39 is 76.1 Å². The molecule has 7 nitrogen and oxygen atoms in total. The first-order valence-electron chi connectivity index (χ1n) is 12.0. The number of carbonyl (C=O) groups is 1. The van der Waals surface area contributed by atoms with Gasteiger partial charge in [-0.15, -0.1) is 0 Å². The highest BCUT2D eigenvalue weighted by molar-refractivity contribution is 7.92. The minimum atomic E-state index is -4.87. The molecule has 0 bridgehead atoms. The van der Waals surface area contributed by atoms with Gasteiger partial charge < -0.3 is 4.90 Å². The van der Waals surface area contributed by atoms with E-state index in [9.17, 15) is 48.0 Å². The molecule has 2 aromatic rings. The molecule has 0 spiro atoms. The van der Waals surface area contributed by atoms with Crippen molar-refractivity contribution < 1.29 is 48.0 Å². The minimum Gasteiger partial charge on any atom is -0.337 e. The highest BCUT2D eigenvalue weighted by Crippen LogP contribution is 2.38. The third kappa shape index (κ3) is 5.93. The summed E-state index contributed by atoms with van der Waals surface area (Å²) in [5.41, 5.74) is -2.97. The Labute approximate surface area is 221 Å². The van der Waals surface area contributed by atoms with Gasteiger partial charge in [0.2, 0.25) is 0 Å². The number of halogens is 6. The normalized spacial score (nSPS) is 19.9. The molecular formula is C24H25F6N2O5S2+. The van der Waals surface area contributed by atoms with Crippen LogP contribution in [-0.2, 0) is 32.0 Å². The lowest BCUT2D eigenvalue weighted by Crippen LogP contribution is -2.43. The summed E-state index contributed by atoms with van der Waals surface area (Å²) < 4.78 is 129. The maximum Gasteiger partial charge on any atom is 0.417 e. The molecule has 1 aromatic heterocycles. The van der Waals surface area contributed by atoms with Crippen molar-refractivity contribution in [2.24, 2.45) is 5.92 Å². The Morgan fingerprint density at radius 1 is 0.974 bits per heavy atom. The molecule has 2 fully saturated rings. The lowest BCUT2D eigenvalue weighted by atomic mass is 9.94. The summed E-state index contributed by atoms with van der Waals surface area (Å²) in [6.45, 7) is 1.40. The molecule has 214 valence electrons. The van der Waals surface area contributed by atoms with Gasteiger partial charge in [-0.25, -0.2) is 17.6 Å². The van der Waals surface area contributed by atoms with Gasteiger partial charge in [0.25, 0.3) is 5.91 Å². The number of nitrogens with zero attached hydrogens (tertiary/aromatic N) is 2. The number of alkyl halides is 6. The van der Waals surface area contributed by atoms with E-state index >= 15 is 0 Å². The minimum absolute atomic E-state index is 0.0163. The van der Waals surface area contributed by atoms with E-state index in [0.29, 0.717) is 18.3 Å². The van der Waals surface area contributed by atoms with Crippen LogP contribution in [0.3, 0.4) is 0 Å². The fourth-order valence-corrected chi connectivity index (χ4v) is 8.20. The van der Waals surface area contributed by atoms with Crippen molar-refractivity contribution in [1.82, 2.24) is 9.88 Å². The molecular weight excluding hydrogens is 574 g/mol. The highest BCUT2D eigenvalue weighted by Gasteiger charge is 2.44. The molecule has 1 aliphatic heterocycles. The molecule has 2 aliphatic rings. The third-order valence-electron chi connectivity index (χ3n) is 7.15. The van der Waals surface area contributed by atoms with E-state index in [-0.39, 0.29) is 43.7 Å². The van der Waals surface area contributed by atoms with E-state index in [1.807, 2.05) is 0 Å². The summed E-state index contributed by atoms with van der Waals surface area (Å²) in [5.74, 6) is -1.35. The number of hydrogen-bond acceptors (Lipinski definition) is 5. The summed E-state index contributed by atoms with van der Waals surface area (Å²) in [7, 11) is -8.12. The molecule has 2 unspecified atom stereocenters. The first kappa shape index (κ1) is 29.3. The Bertz CT molecular complexity index is 1480. The maximum absolute atomic E-state index is 13.2. The Hall–Kier alpha value is -2.68. The molecule has 1 aromatic carbocycles. The predicted octanol–water partition coefficient (Wildman–Crippen LogP) is 4.93. The number of amides is 1. The van der Waals surface area contributed by atoms with Crippen molar-refractivity contribution in [1.29, 1.82) is 0 Å². The Kier molecular flexibility index (Phi) is 7.56. The van der Waals surface area contributed by atoms with Crippen LogP contribution in [0.25, 0.3) is 0 Å². The molecule has 2 atom stereocenters. The van der Waals surface area contributed by atoms with Crippen molar-refractivity contribution >= 4 is 25.6 Å². The van der Waals surface area contributed by atoms with Gasteiger partial charge in [0, 0.05) is 19.3 Å². The zero-order chi connectivity index (χ0) is 29.0. The predicted molar refractivity (Wildman–Crippen MR) is 127 cm³/mol. The molecule has 4 rings (SSSR count). The number of rotatable bonds is 6. The van der Waals surface area contributed by atoms with Crippen molar-refractivity contribution in [2.75, 3.05) is 13.1 Å². The van der Waals surface area contributed by atoms with Gasteiger partial charge in [-0.05, 0) is 62.8 Å². The van der Waals surface area contributed by atoms with Gasteiger partial charge in [0.15, 0.2) is 9.84 Å². The number of benzene rings is 1. The van der Waals surface area contributed by atoms with Crippen molar-refractivity contribution in [3.8, 4) is 0 Å². The van der Waals surface area contributed by atoms with Gasteiger partial charge >= 0.3 is 22.2 Å². The first-order chi connectivity index (χ1) is 17.9. The van der Waals surface area contributed by atoms with E-state index in [1.165, 1.54) is 11.8 Å². The second kappa shape index (κ2) is 10.1. The van der Waals surface area contributed by atoms with Crippen LogP contribution in [0.5, 0.6) is 0 Å². The smallest absolute Gasteiger partial charge is 0.337 e. The molecule has 1 amide bonds. The summed E-state index contributed by atoms with van der Waals surface area (Å²) in [6.07, 6.45) is -8.30. The molecule has 39 heavy (non-hydrogen) atoms. The standard InChI is InChI=1S/C24H24F6N2O5S2/c1-14(38(34,35)19-4-2-3-16(11-19)23(25,26)27)15-7-9-32(10-8-15)22(33)21-20(39(36,37)18-5-6-18)12-17(13-31-21)24(28,29)30/h2-4,11-15,18H,5-10H2,1H3/p+1. The topological polar surface area (TPSA) is 106 Å². The van der Waals surface area contributed by atoms with Crippen LogP contribution in [0.4, 0.5) is 26.3 Å². The monoisotopic (exact) mass is 599 g/mol. The fraction of sp³-hybridized carbons (Fsp3) is 0.500. The zero-order valence-electron chi connectivity index (χ0n) is 20.5. The summed E-state index contributed by atoms with van der Waals surface area (Å²) in [4.78, 5) is 16.9. The van der Waals surface area contributed by atoms with Gasteiger partial charge in [0.05, 0.1) is 21.3 Å². The Balaban J connectivity index is 1.53. The summed E-state index contributed by atoms with van der Waals surface area (Å²) in [6, 6.07) is 4.05. The van der Waals surface area contributed by atoms with Crippen molar-refractivity contribution in [3.05, 3.63) is 53.3 Å². The van der Waals surface area contributed by atoms with Crippen LogP contribution in [-0.4, -0.2) is 56.2 Å². The first-order valence-corrected chi connectivity index (χ1v) is 15.1. The molecule has 0 radical (unpaired) electrons. The zero-order valence-corrected chi connectivity index (χ0v) is 22.1. The maximum atomic E-state index is 13.2. The molecule has 2 heterocycles. The van der Waals surface area contributed by atoms with E-state index in [0.717, 1.165) is 18.2 Å². The number of likely N-dealkylation sites (tertiary alicyclic amines) is 1. The number of sulfone groups is 1. The summed E-state index contributed by atoms with van der Waals surface area (Å²) in [5, 5.41) is -1.86. The van der Waals surface area contributed by atoms with Crippen LogP contribution >= 0.6 is 0 Å². The third-order valence-corrected chi connectivity index (χ3v) is 11.7. The second-order valence-electron chi connectivity index (χ2n) is 9.74.